The summed E-state index contributed by atoms with van der Waals surface area (Å²) in [6, 6.07) is 8.76. The first-order valence-electron chi connectivity index (χ1n) is 10.4. The van der Waals surface area contributed by atoms with E-state index in [4.69, 9.17) is 16.6 Å². The van der Waals surface area contributed by atoms with E-state index in [1.54, 1.807) is 0 Å². The fourth-order valence-electron chi connectivity index (χ4n) is 4.40. The van der Waals surface area contributed by atoms with Crippen molar-refractivity contribution in [2.75, 3.05) is 13.1 Å². The number of aromatic nitrogens is 1. The SMILES string of the molecule is C.Clc1ccc2c(c1SCc1ccc(CC3CCCCC3)cn1)CCNCC2. The minimum atomic E-state index is 0. The van der Waals surface area contributed by atoms with Crippen LogP contribution in [-0.2, 0) is 25.0 Å². The minimum absolute atomic E-state index is 0. The van der Waals surface area contributed by atoms with Crippen LogP contribution in [0, 0.1) is 5.92 Å². The van der Waals surface area contributed by atoms with E-state index in [-0.39, 0.29) is 7.43 Å². The molecule has 2 aromatic rings. The molecular formula is C24H33ClN2S. The van der Waals surface area contributed by atoms with Crippen LogP contribution in [0.25, 0.3) is 0 Å². The maximum atomic E-state index is 6.55. The Hall–Kier alpha value is -1.03. The van der Waals surface area contributed by atoms with Crippen molar-refractivity contribution in [3.05, 3.63) is 57.9 Å². The molecular weight excluding hydrogens is 384 g/mol. The van der Waals surface area contributed by atoms with Crippen molar-refractivity contribution < 1.29 is 0 Å². The van der Waals surface area contributed by atoms with Gasteiger partial charge in [-0.2, -0.15) is 0 Å². The van der Waals surface area contributed by atoms with E-state index < -0.39 is 0 Å². The van der Waals surface area contributed by atoms with Crippen LogP contribution in [0.4, 0.5) is 0 Å². The zero-order chi connectivity index (χ0) is 18.5. The molecule has 0 bridgehead atoms. The second-order valence-electron chi connectivity index (χ2n) is 7.92. The molecule has 0 saturated heterocycles. The Balaban J connectivity index is 0.00000225. The van der Waals surface area contributed by atoms with E-state index in [9.17, 15) is 0 Å². The average molecular weight is 417 g/mol. The molecule has 1 aromatic carbocycles. The van der Waals surface area contributed by atoms with Gasteiger partial charge < -0.3 is 5.32 Å². The number of thioether (sulfide) groups is 1. The monoisotopic (exact) mass is 416 g/mol. The summed E-state index contributed by atoms with van der Waals surface area (Å²) >= 11 is 8.40. The van der Waals surface area contributed by atoms with Crippen LogP contribution in [0.15, 0.2) is 35.4 Å². The summed E-state index contributed by atoms with van der Waals surface area (Å²) in [5.74, 6) is 1.75. The van der Waals surface area contributed by atoms with Gasteiger partial charge in [-0.05, 0) is 67.1 Å². The second-order valence-corrected chi connectivity index (χ2v) is 9.31. The van der Waals surface area contributed by atoms with Crippen molar-refractivity contribution in [2.24, 2.45) is 5.92 Å². The van der Waals surface area contributed by atoms with E-state index >= 15 is 0 Å². The van der Waals surface area contributed by atoms with Crippen LogP contribution in [0.3, 0.4) is 0 Å². The normalized spacial score (nSPS) is 17.5. The van der Waals surface area contributed by atoms with Crippen LogP contribution >= 0.6 is 23.4 Å². The molecule has 152 valence electrons. The molecule has 0 amide bonds. The summed E-state index contributed by atoms with van der Waals surface area (Å²) in [5, 5.41) is 4.37. The second kappa shape index (κ2) is 10.7. The molecule has 0 atom stereocenters. The Bertz CT molecular complexity index is 754. The standard InChI is InChI=1S/C23H29ClN2S.CH4/c24-22-9-7-19-10-12-25-13-11-21(19)23(22)27-16-20-8-6-18(15-26-20)14-17-4-2-1-3-5-17;/h6-9,15,17,25H,1-5,10-14,16H2;1H4. The number of rotatable bonds is 5. The van der Waals surface area contributed by atoms with Gasteiger partial charge in [0.15, 0.2) is 0 Å². The van der Waals surface area contributed by atoms with E-state index in [0.717, 1.165) is 48.3 Å². The third kappa shape index (κ3) is 5.52. The van der Waals surface area contributed by atoms with Gasteiger partial charge in [-0.25, -0.2) is 0 Å². The van der Waals surface area contributed by atoms with Crippen molar-refractivity contribution in [1.82, 2.24) is 10.3 Å². The number of nitrogens with one attached hydrogen (secondary N) is 1. The van der Waals surface area contributed by atoms with Crippen LogP contribution < -0.4 is 5.32 Å². The first-order chi connectivity index (χ1) is 13.3. The van der Waals surface area contributed by atoms with Crippen LogP contribution in [0.5, 0.6) is 0 Å². The number of halogens is 1. The van der Waals surface area contributed by atoms with E-state index in [1.807, 2.05) is 11.8 Å². The van der Waals surface area contributed by atoms with Crippen LogP contribution in [0.1, 0.15) is 61.9 Å². The molecule has 2 heterocycles. The lowest BCUT2D eigenvalue weighted by atomic mass is 9.85. The molecule has 2 aliphatic rings. The molecule has 4 rings (SSSR count). The molecule has 1 saturated carbocycles. The van der Waals surface area contributed by atoms with Crippen molar-refractivity contribution >= 4 is 23.4 Å². The molecule has 28 heavy (non-hydrogen) atoms. The number of hydrogen-bond donors (Lipinski definition) is 1. The van der Waals surface area contributed by atoms with Gasteiger partial charge in [0, 0.05) is 16.8 Å². The van der Waals surface area contributed by atoms with Crippen molar-refractivity contribution in [1.29, 1.82) is 0 Å². The van der Waals surface area contributed by atoms with Crippen LogP contribution in [-0.4, -0.2) is 18.1 Å². The number of pyridine rings is 1. The summed E-state index contributed by atoms with van der Waals surface area (Å²) in [4.78, 5) is 6.00. The third-order valence-electron chi connectivity index (χ3n) is 5.93. The predicted molar refractivity (Wildman–Crippen MR) is 123 cm³/mol. The van der Waals surface area contributed by atoms with Gasteiger partial charge in [-0.3, -0.25) is 4.98 Å². The van der Waals surface area contributed by atoms with E-state index in [2.05, 4.69) is 35.8 Å². The molecule has 1 N–H and O–H groups in total. The summed E-state index contributed by atoms with van der Waals surface area (Å²) in [6.07, 6.45) is 12.5. The van der Waals surface area contributed by atoms with Gasteiger partial charge in [-0.1, -0.05) is 63.3 Å². The highest BCUT2D eigenvalue weighted by Gasteiger charge is 2.16. The molecule has 2 nitrogen and oxygen atoms in total. The maximum absolute atomic E-state index is 6.55. The van der Waals surface area contributed by atoms with Crippen molar-refractivity contribution in [3.63, 3.8) is 0 Å². The van der Waals surface area contributed by atoms with Crippen molar-refractivity contribution in [3.8, 4) is 0 Å². The zero-order valence-electron chi connectivity index (χ0n) is 16.0. The minimum Gasteiger partial charge on any atom is -0.316 e. The lowest BCUT2D eigenvalue weighted by Crippen LogP contribution is -2.16. The van der Waals surface area contributed by atoms with Gasteiger partial charge in [0.25, 0.3) is 0 Å². The number of hydrogen-bond acceptors (Lipinski definition) is 3. The number of nitrogens with zero attached hydrogens (tertiary/aromatic N) is 1. The molecule has 0 unspecified atom stereocenters. The molecule has 1 aliphatic carbocycles. The molecule has 0 radical (unpaired) electrons. The molecule has 1 fully saturated rings. The topological polar surface area (TPSA) is 24.9 Å². The smallest absolute Gasteiger partial charge is 0.0544 e. The lowest BCUT2D eigenvalue weighted by molar-refractivity contribution is 0.356. The molecule has 4 heteroatoms. The fourth-order valence-corrected chi connectivity index (χ4v) is 5.81. The Kier molecular flexibility index (Phi) is 8.25. The summed E-state index contributed by atoms with van der Waals surface area (Å²) < 4.78 is 0. The third-order valence-corrected chi connectivity index (χ3v) is 7.55. The average Bonchev–Trinajstić information content (AvgIpc) is 2.95. The molecule has 0 spiro atoms. The first-order valence-corrected chi connectivity index (χ1v) is 11.7. The van der Waals surface area contributed by atoms with Crippen molar-refractivity contribution in [2.45, 2.75) is 69.4 Å². The Labute approximate surface area is 179 Å². The predicted octanol–water partition coefficient (Wildman–Crippen LogP) is 6.47. The summed E-state index contributed by atoms with van der Waals surface area (Å²) in [7, 11) is 0. The Morgan fingerprint density at radius 3 is 2.64 bits per heavy atom. The first kappa shape index (κ1) is 21.7. The highest BCUT2D eigenvalue weighted by atomic mass is 35.5. The van der Waals surface area contributed by atoms with Gasteiger partial charge in [0.2, 0.25) is 0 Å². The zero-order valence-corrected chi connectivity index (χ0v) is 17.5. The Morgan fingerprint density at radius 2 is 1.86 bits per heavy atom. The molecule has 1 aromatic heterocycles. The quantitative estimate of drug-likeness (QED) is 0.565. The number of fused-ring (bicyclic) bond motifs is 1. The highest BCUT2D eigenvalue weighted by molar-refractivity contribution is 7.98. The highest BCUT2D eigenvalue weighted by Crippen LogP contribution is 2.36. The van der Waals surface area contributed by atoms with Gasteiger partial charge >= 0.3 is 0 Å². The number of benzene rings is 1. The largest absolute Gasteiger partial charge is 0.316 e. The molecule has 1 aliphatic heterocycles. The van der Waals surface area contributed by atoms with E-state index in [1.165, 1.54) is 60.1 Å². The Morgan fingerprint density at radius 1 is 1.04 bits per heavy atom. The van der Waals surface area contributed by atoms with E-state index in [0.29, 0.717) is 0 Å². The summed E-state index contributed by atoms with van der Waals surface area (Å²) in [6.45, 7) is 2.10. The maximum Gasteiger partial charge on any atom is 0.0544 e. The van der Waals surface area contributed by atoms with Gasteiger partial charge in [0.1, 0.15) is 0 Å². The van der Waals surface area contributed by atoms with Crippen LogP contribution in [0.2, 0.25) is 5.02 Å². The lowest BCUT2D eigenvalue weighted by Gasteiger charge is -2.21. The fraction of sp³-hybridized carbons (Fsp3) is 0.542. The van der Waals surface area contributed by atoms with Gasteiger partial charge in [0.05, 0.1) is 10.7 Å². The summed E-state index contributed by atoms with van der Waals surface area (Å²) in [5.41, 5.74) is 5.43. The van der Waals surface area contributed by atoms with Gasteiger partial charge in [-0.15, -0.1) is 11.8 Å².